The topological polar surface area (TPSA) is 141 Å². The Morgan fingerprint density at radius 3 is 2.27 bits per heavy atom. The van der Waals surface area contributed by atoms with Gasteiger partial charge in [-0.25, -0.2) is 4.79 Å². The Morgan fingerprint density at radius 1 is 1.20 bits per heavy atom. The van der Waals surface area contributed by atoms with Crippen LogP contribution in [-0.2, 0) is 9.59 Å². The summed E-state index contributed by atoms with van der Waals surface area (Å²) >= 11 is 0. The first kappa shape index (κ1) is 13.4. The van der Waals surface area contributed by atoms with Crippen LogP contribution in [0.4, 0.5) is 4.79 Å². The zero-order valence-electron chi connectivity index (χ0n) is 8.36. The predicted molar refractivity (Wildman–Crippen MR) is 53.6 cm³/mol. The highest BCUT2D eigenvalue weighted by molar-refractivity contribution is 5.99. The molecule has 0 saturated carbocycles. The first-order valence-corrected chi connectivity index (χ1v) is 4.53. The molecule has 7 heteroatoms. The minimum Gasteiger partial charge on any atom is -0.369 e. The summed E-state index contributed by atoms with van der Waals surface area (Å²) in [5, 5.41) is 2.36. The fourth-order valence-corrected chi connectivity index (χ4v) is 0.997. The van der Waals surface area contributed by atoms with Gasteiger partial charge in [0, 0.05) is 6.54 Å². The van der Waals surface area contributed by atoms with Gasteiger partial charge < -0.3 is 22.5 Å². The molecule has 3 amide bonds. The summed E-state index contributed by atoms with van der Waals surface area (Å²) < 4.78 is 0. The maximum atomic E-state index is 11.1. The summed E-state index contributed by atoms with van der Waals surface area (Å²) in [6.07, 6.45) is 0.561. The Hall–Kier alpha value is -1.63. The molecule has 0 rings (SSSR count). The molecule has 0 unspecified atom stereocenters. The van der Waals surface area contributed by atoms with Gasteiger partial charge in [0.1, 0.15) is 0 Å². The van der Waals surface area contributed by atoms with Gasteiger partial charge in [-0.05, 0) is 12.8 Å². The largest absolute Gasteiger partial charge is 0.369 e. The molecule has 0 aromatic rings. The highest BCUT2D eigenvalue weighted by atomic mass is 16.2. The van der Waals surface area contributed by atoms with Crippen LogP contribution in [0.3, 0.4) is 0 Å². The van der Waals surface area contributed by atoms with Crippen molar-refractivity contribution in [3.63, 3.8) is 0 Å². The summed E-state index contributed by atoms with van der Waals surface area (Å²) in [7, 11) is 0. The lowest BCUT2D eigenvalue weighted by atomic mass is 10.1. The van der Waals surface area contributed by atoms with Crippen molar-refractivity contribution >= 4 is 17.7 Å². The zero-order valence-corrected chi connectivity index (χ0v) is 8.36. The molecule has 0 spiro atoms. The van der Waals surface area contributed by atoms with Gasteiger partial charge in [0.05, 0.1) is 12.5 Å². The van der Waals surface area contributed by atoms with Crippen molar-refractivity contribution in [2.24, 2.45) is 17.2 Å². The highest BCUT2D eigenvalue weighted by Gasteiger charge is 2.14. The number of ketones is 1. The second-order valence-corrected chi connectivity index (χ2v) is 3.15. The van der Waals surface area contributed by atoms with Crippen LogP contribution in [0.2, 0.25) is 0 Å². The Balaban J connectivity index is 3.64. The minimum absolute atomic E-state index is 0.343. The maximum Gasteiger partial charge on any atom is 0.312 e. The molecule has 0 radical (unpaired) electrons. The van der Waals surface area contributed by atoms with Crippen LogP contribution in [0.25, 0.3) is 0 Å². The van der Waals surface area contributed by atoms with Gasteiger partial charge in [-0.1, -0.05) is 0 Å². The molecule has 0 aliphatic rings. The molecular formula is C8H16N4O3. The van der Waals surface area contributed by atoms with E-state index in [0.717, 1.165) is 0 Å². The van der Waals surface area contributed by atoms with Gasteiger partial charge in [0.25, 0.3) is 0 Å². The van der Waals surface area contributed by atoms with Gasteiger partial charge in [-0.15, -0.1) is 0 Å². The number of primary amides is 2. The Bertz CT molecular complexity index is 254. The van der Waals surface area contributed by atoms with Gasteiger partial charge in [0.15, 0.2) is 5.78 Å². The third-order valence-corrected chi connectivity index (χ3v) is 1.75. The summed E-state index contributed by atoms with van der Waals surface area (Å²) in [4.78, 5) is 31.8. The van der Waals surface area contributed by atoms with Crippen molar-refractivity contribution < 1.29 is 14.4 Å². The fourth-order valence-electron chi connectivity index (χ4n) is 0.997. The number of rotatable bonds is 7. The van der Waals surface area contributed by atoms with Crippen molar-refractivity contribution in [1.29, 1.82) is 0 Å². The molecule has 0 fully saturated rings. The van der Waals surface area contributed by atoms with E-state index in [2.05, 4.69) is 5.32 Å². The molecule has 15 heavy (non-hydrogen) atoms. The number of nitrogens with two attached hydrogens (primary N) is 3. The van der Waals surface area contributed by atoms with E-state index in [4.69, 9.17) is 17.2 Å². The lowest BCUT2D eigenvalue weighted by Crippen LogP contribution is -2.35. The summed E-state index contributed by atoms with van der Waals surface area (Å²) in [5.41, 5.74) is 15.1. The fraction of sp³-hybridized carbons (Fsp3) is 0.625. The van der Waals surface area contributed by atoms with Crippen LogP contribution >= 0.6 is 0 Å². The number of carbonyl (C=O) groups excluding carboxylic acids is 3. The lowest BCUT2D eigenvalue weighted by Gasteiger charge is -2.09. The van der Waals surface area contributed by atoms with Crippen LogP contribution in [0, 0.1) is 0 Å². The van der Waals surface area contributed by atoms with Crippen LogP contribution in [0.1, 0.15) is 19.3 Å². The number of Topliss-reactive ketones (excluding diaryl/α,β-unsaturated/α-hetero) is 1. The standard InChI is InChI=1S/C8H16N4O3/c9-5(6(13)4-7(10)14)2-1-3-12-8(11)15/h5H,1-4,9H2,(H2,10,14)(H3,11,12,15)/t5-/m0/s1. The monoisotopic (exact) mass is 216 g/mol. The van der Waals surface area contributed by atoms with E-state index in [0.29, 0.717) is 19.4 Å². The second kappa shape index (κ2) is 6.77. The molecule has 0 aliphatic heterocycles. The normalized spacial score (nSPS) is 11.8. The van der Waals surface area contributed by atoms with Crippen LogP contribution in [0.5, 0.6) is 0 Å². The lowest BCUT2D eigenvalue weighted by molar-refractivity contribution is -0.127. The van der Waals surface area contributed by atoms with Crippen molar-refractivity contribution in [2.45, 2.75) is 25.3 Å². The smallest absolute Gasteiger partial charge is 0.312 e. The SMILES string of the molecule is NC(=O)CC(=O)[C@@H](N)CCCNC(N)=O. The molecule has 0 aromatic heterocycles. The van der Waals surface area contributed by atoms with Crippen LogP contribution in [0.15, 0.2) is 0 Å². The first-order valence-electron chi connectivity index (χ1n) is 4.53. The maximum absolute atomic E-state index is 11.1. The second-order valence-electron chi connectivity index (χ2n) is 3.15. The average Bonchev–Trinajstić information content (AvgIpc) is 2.10. The Kier molecular flexibility index (Phi) is 6.03. The minimum atomic E-state index is -0.716. The molecule has 0 heterocycles. The molecule has 0 bridgehead atoms. The van der Waals surface area contributed by atoms with E-state index in [1.807, 2.05) is 0 Å². The first-order chi connectivity index (χ1) is 6.93. The van der Waals surface area contributed by atoms with Gasteiger partial charge in [-0.3, -0.25) is 9.59 Å². The van der Waals surface area contributed by atoms with E-state index in [-0.39, 0.29) is 12.2 Å². The number of amides is 3. The van der Waals surface area contributed by atoms with Crippen molar-refractivity contribution in [3.8, 4) is 0 Å². The molecule has 86 valence electrons. The Labute approximate surface area is 87.3 Å². The zero-order chi connectivity index (χ0) is 11.8. The van der Waals surface area contributed by atoms with Gasteiger partial charge in [-0.2, -0.15) is 0 Å². The van der Waals surface area contributed by atoms with Crippen molar-refractivity contribution in [1.82, 2.24) is 5.32 Å². The summed E-state index contributed by atoms with van der Waals surface area (Å²) in [5.74, 6) is -1.08. The third kappa shape index (κ3) is 7.44. The number of hydrogen-bond acceptors (Lipinski definition) is 4. The average molecular weight is 216 g/mol. The number of carbonyl (C=O) groups is 3. The molecule has 0 saturated heterocycles. The Morgan fingerprint density at radius 2 is 1.80 bits per heavy atom. The molecule has 7 N–H and O–H groups in total. The molecule has 7 nitrogen and oxygen atoms in total. The van der Waals surface area contributed by atoms with E-state index in [1.54, 1.807) is 0 Å². The quantitative estimate of drug-likeness (QED) is 0.294. The van der Waals surface area contributed by atoms with Gasteiger partial charge >= 0.3 is 6.03 Å². The number of hydrogen-bond donors (Lipinski definition) is 4. The van der Waals surface area contributed by atoms with E-state index >= 15 is 0 Å². The van der Waals surface area contributed by atoms with Crippen LogP contribution < -0.4 is 22.5 Å². The summed E-state index contributed by atoms with van der Waals surface area (Å²) in [6.45, 7) is 0.354. The molecule has 0 aliphatic carbocycles. The van der Waals surface area contributed by atoms with E-state index in [9.17, 15) is 14.4 Å². The molecule has 0 aromatic carbocycles. The molecule has 1 atom stereocenters. The highest BCUT2D eigenvalue weighted by Crippen LogP contribution is 1.97. The predicted octanol–water partition coefficient (Wildman–Crippen LogP) is -1.79. The van der Waals surface area contributed by atoms with E-state index in [1.165, 1.54) is 0 Å². The van der Waals surface area contributed by atoms with Crippen LogP contribution in [-0.4, -0.2) is 30.3 Å². The third-order valence-electron chi connectivity index (χ3n) is 1.75. The van der Waals surface area contributed by atoms with Crippen molar-refractivity contribution in [3.05, 3.63) is 0 Å². The summed E-state index contributed by atoms with van der Waals surface area (Å²) in [6, 6.07) is -1.33. The number of urea groups is 1. The van der Waals surface area contributed by atoms with Gasteiger partial charge in [0.2, 0.25) is 5.91 Å². The number of nitrogens with one attached hydrogen (secondary N) is 1. The van der Waals surface area contributed by atoms with E-state index < -0.39 is 18.0 Å². The van der Waals surface area contributed by atoms with Crippen molar-refractivity contribution in [2.75, 3.05) is 6.54 Å². The molecular weight excluding hydrogens is 200 g/mol.